The summed E-state index contributed by atoms with van der Waals surface area (Å²) in [4.78, 5) is 4.56. The predicted molar refractivity (Wildman–Crippen MR) is 87.8 cm³/mol. The van der Waals surface area contributed by atoms with Crippen LogP contribution in [0.5, 0.6) is 11.5 Å². The van der Waals surface area contributed by atoms with Gasteiger partial charge in [0.1, 0.15) is 0 Å². The molecule has 0 saturated carbocycles. The van der Waals surface area contributed by atoms with Crippen molar-refractivity contribution in [2.45, 2.75) is 25.9 Å². The molecule has 0 amide bonds. The van der Waals surface area contributed by atoms with Crippen LogP contribution in [0.25, 0.3) is 0 Å². The maximum atomic E-state index is 9.96. The Morgan fingerprint density at radius 2 is 2.14 bits per heavy atom. The molecular weight excluding hydrogens is 304 g/mol. The first-order valence-corrected chi connectivity index (χ1v) is 8.06. The van der Waals surface area contributed by atoms with E-state index >= 15 is 0 Å². The lowest BCUT2D eigenvalue weighted by Crippen LogP contribution is -2.52. The topological polar surface area (TPSA) is 56.2 Å². The van der Waals surface area contributed by atoms with E-state index in [9.17, 15) is 10.2 Å². The number of likely N-dealkylation sites (N-methyl/N-ethyl adjacent to an activating group) is 1. The Morgan fingerprint density at radius 3 is 2.73 bits per heavy atom. The molecule has 1 aliphatic rings. The summed E-state index contributed by atoms with van der Waals surface area (Å²) in [7, 11) is 2.10. The summed E-state index contributed by atoms with van der Waals surface area (Å²) in [5.74, 6) is 0.320. The molecule has 2 rings (SSSR count). The van der Waals surface area contributed by atoms with E-state index in [1.165, 1.54) is 0 Å². The van der Waals surface area contributed by atoms with Gasteiger partial charge < -0.3 is 19.8 Å². The van der Waals surface area contributed by atoms with Gasteiger partial charge in [-0.05, 0) is 38.6 Å². The van der Waals surface area contributed by atoms with E-state index in [4.69, 9.17) is 16.3 Å². The molecule has 124 valence electrons. The summed E-state index contributed by atoms with van der Waals surface area (Å²) in [6.07, 6.45) is 0. The normalized spacial score (nSPS) is 21.8. The molecule has 1 fully saturated rings. The van der Waals surface area contributed by atoms with E-state index in [2.05, 4.69) is 23.8 Å². The third-order valence-electron chi connectivity index (χ3n) is 4.19. The Morgan fingerprint density at radius 1 is 1.41 bits per heavy atom. The maximum absolute atomic E-state index is 9.96. The minimum atomic E-state index is -0.152. The summed E-state index contributed by atoms with van der Waals surface area (Å²) in [5.41, 5.74) is 0.866. The van der Waals surface area contributed by atoms with Crippen LogP contribution in [0.2, 0.25) is 5.02 Å². The molecule has 0 spiro atoms. The fraction of sp³-hybridized carbons (Fsp3) is 0.625. The Balaban J connectivity index is 2.31. The second-order valence-electron chi connectivity index (χ2n) is 5.83. The van der Waals surface area contributed by atoms with E-state index in [0.717, 1.165) is 25.2 Å². The predicted octanol–water partition coefficient (Wildman–Crippen LogP) is 2.11. The third kappa shape index (κ3) is 3.66. The summed E-state index contributed by atoms with van der Waals surface area (Å²) in [6, 6.07) is 3.67. The summed E-state index contributed by atoms with van der Waals surface area (Å²) < 4.78 is 5.44. The molecule has 0 aliphatic carbocycles. The Kier molecular flexibility index (Phi) is 5.92. The third-order valence-corrected chi connectivity index (χ3v) is 4.48. The van der Waals surface area contributed by atoms with Crippen molar-refractivity contribution in [2.24, 2.45) is 0 Å². The Labute approximate surface area is 137 Å². The maximum Gasteiger partial charge on any atom is 0.176 e. The molecule has 1 heterocycles. The number of hydrogen-bond donors (Lipinski definition) is 2. The Bertz CT molecular complexity index is 512. The van der Waals surface area contributed by atoms with Crippen LogP contribution in [0.1, 0.15) is 25.5 Å². The standard InChI is InChI=1S/C16H25ClN2O3/c1-4-22-15-8-12(7-13(17)16(15)21)14(10-20)19-6-5-18(3)9-11(19)2/h7-8,11,14,20-21H,4-6,9-10H2,1-3H3. The van der Waals surface area contributed by atoms with Crippen molar-refractivity contribution in [3.05, 3.63) is 22.7 Å². The number of aromatic hydroxyl groups is 1. The lowest BCUT2D eigenvalue weighted by atomic mass is 10.0. The van der Waals surface area contributed by atoms with E-state index < -0.39 is 0 Å². The number of hydrogen-bond acceptors (Lipinski definition) is 5. The molecule has 2 N–H and O–H groups in total. The first-order valence-electron chi connectivity index (χ1n) is 7.68. The van der Waals surface area contributed by atoms with Crippen LogP contribution in [0.3, 0.4) is 0 Å². The van der Waals surface area contributed by atoms with Crippen LogP contribution in [-0.2, 0) is 0 Å². The smallest absolute Gasteiger partial charge is 0.176 e. The average Bonchev–Trinajstić information content (AvgIpc) is 2.47. The van der Waals surface area contributed by atoms with Gasteiger partial charge in [-0.25, -0.2) is 0 Å². The first kappa shape index (κ1) is 17.3. The number of piperazine rings is 1. The van der Waals surface area contributed by atoms with Gasteiger partial charge in [0, 0.05) is 25.7 Å². The second kappa shape index (κ2) is 7.51. The van der Waals surface area contributed by atoms with Crippen molar-refractivity contribution < 1.29 is 14.9 Å². The highest BCUT2D eigenvalue weighted by Gasteiger charge is 2.29. The molecule has 0 aromatic heterocycles. The van der Waals surface area contributed by atoms with Gasteiger partial charge in [-0.1, -0.05) is 11.6 Å². The van der Waals surface area contributed by atoms with Gasteiger partial charge >= 0.3 is 0 Å². The van der Waals surface area contributed by atoms with Crippen LogP contribution in [-0.4, -0.2) is 66.0 Å². The lowest BCUT2D eigenvalue weighted by Gasteiger charge is -2.42. The van der Waals surface area contributed by atoms with Crippen LogP contribution < -0.4 is 4.74 Å². The second-order valence-corrected chi connectivity index (χ2v) is 6.24. The highest BCUT2D eigenvalue weighted by atomic mass is 35.5. The van der Waals surface area contributed by atoms with Gasteiger partial charge in [0.15, 0.2) is 11.5 Å². The highest BCUT2D eigenvalue weighted by Crippen LogP contribution is 2.38. The lowest BCUT2D eigenvalue weighted by molar-refractivity contribution is 0.0340. The van der Waals surface area contributed by atoms with Crippen molar-refractivity contribution in [3.8, 4) is 11.5 Å². The van der Waals surface area contributed by atoms with Gasteiger partial charge in [-0.3, -0.25) is 4.90 Å². The number of phenols is 1. The fourth-order valence-electron chi connectivity index (χ4n) is 3.07. The molecule has 6 heteroatoms. The summed E-state index contributed by atoms with van der Waals surface area (Å²) in [5, 5.41) is 20.1. The van der Waals surface area contributed by atoms with Gasteiger partial charge in [-0.2, -0.15) is 0 Å². The number of rotatable bonds is 5. The molecule has 1 saturated heterocycles. The minimum absolute atomic E-state index is 0.000718. The molecule has 5 nitrogen and oxygen atoms in total. The molecule has 0 bridgehead atoms. The van der Waals surface area contributed by atoms with Crippen LogP contribution in [0, 0.1) is 0 Å². The van der Waals surface area contributed by atoms with Crippen molar-refractivity contribution in [1.82, 2.24) is 9.80 Å². The molecule has 1 aromatic carbocycles. The molecule has 1 aromatic rings. The zero-order valence-electron chi connectivity index (χ0n) is 13.4. The SMILES string of the molecule is CCOc1cc(C(CO)N2CCN(C)CC2C)cc(Cl)c1O. The zero-order chi connectivity index (χ0) is 16.3. The van der Waals surface area contributed by atoms with Crippen LogP contribution >= 0.6 is 11.6 Å². The van der Waals surface area contributed by atoms with Crippen molar-refractivity contribution in [2.75, 3.05) is 39.9 Å². The quantitative estimate of drug-likeness (QED) is 0.867. The van der Waals surface area contributed by atoms with Gasteiger partial charge in [0.2, 0.25) is 0 Å². The van der Waals surface area contributed by atoms with Crippen molar-refractivity contribution >= 4 is 11.6 Å². The largest absolute Gasteiger partial charge is 0.503 e. The molecule has 1 aliphatic heterocycles. The highest BCUT2D eigenvalue weighted by molar-refractivity contribution is 6.32. The van der Waals surface area contributed by atoms with Gasteiger partial charge in [0.25, 0.3) is 0 Å². The number of phenolic OH excluding ortho intramolecular Hbond substituents is 1. The number of ether oxygens (including phenoxy) is 1. The first-order chi connectivity index (χ1) is 10.5. The molecular formula is C16H25ClN2O3. The number of benzene rings is 1. The molecule has 2 atom stereocenters. The van der Waals surface area contributed by atoms with E-state index in [1.54, 1.807) is 12.1 Å². The van der Waals surface area contributed by atoms with E-state index in [1.807, 2.05) is 6.92 Å². The number of aliphatic hydroxyl groups is 1. The van der Waals surface area contributed by atoms with Crippen LogP contribution in [0.4, 0.5) is 0 Å². The van der Waals surface area contributed by atoms with Gasteiger partial charge in [-0.15, -0.1) is 0 Å². The molecule has 2 unspecified atom stereocenters. The van der Waals surface area contributed by atoms with Crippen LogP contribution in [0.15, 0.2) is 12.1 Å². The zero-order valence-corrected chi connectivity index (χ0v) is 14.2. The fourth-order valence-corrected chi connectivity index (χ4v) is 3.29. The number of halogens is 1. The van der Waals surface area contributed by atoms with E-state index in [0.29, 0.717) is 18.4 Å². The molecule has 0 radical (unpaired) electrons. The average molecular weight is 329 g/mol. The van der Waals surface area contributed by atoms with Crippen molar-refractivity contribution in [3.63, 3.8) is 0 Å². The number of aliphatic hydroxyl groups excluding tert-OH is 1. The minimum Gasteiger partial charge on any atom is -0.503 e. The van der Waals surface area contributed by atoms with Crippen molar-refractivity contribution in [1.29, 1.82) is 0 Å². The van der Waals surface area contributed by atoms with E-state index in [-0.39, 0.29) is 23.4 Å². The van der Waals surface area contributed by atoms with Gasteiger partial charge in [0.05, 0.1) is 24.3 Å². The number of nitrogens with zero attached hydrogens (tertiary/aromatic N) is 2. The summed E-state index contributed by atoms with van der Waals surface area (Å²) >= 11 is 6.12. The molecule has 22 heavy (non-hydrogen) atoms. The monoisotopic (exact) mass is 328 g/mol. The summed E-state index contributed by atoms with van der Waals surface area (Å²) in [6.45, 7) is 7.26. The Hall–Kier alpha value is -1.01.